The largest absolute Gasteiger partial charge is 0.366 e. The molecule has 2 amide bonds. The molecule has 1 saturated heterocycles. The van der Waals surface area contributed by atoms with Crippen LogP contribution in [0.25, 0.3) is 0 Å². The Morgan fingerprint density at radius 3 is 2.76 bits per heavy atom. The molecule has 0 saturated carbocycles. The van der Waals surface area contributed by atoms with Crippen LogP contribution in [0.4, 0.5) is 5.69 Å². The predicted octanol–water partition coefficient (Wildman–Crippen LogP) is 0.529. The molecule has 1 unspecified atom stereocenters. The zero-order valence-corrected chi connectivity index (χ0v) is 11.7. The molecule has 6 nitrogen and oxygen atoms in total. The Morgan fingerprint density at radius 2 is 2.14 bits per heavy atom. The van der Waals surface area contributed by atoms with Crippen LogP contribution in [0.2, 0.25) is 0 Å². The molecule has 1 aliphatic heterocycles. The van der Waals surface area contributed by atoms with E-state index in [9.17, 15) is 9.59 Å². The molecule has 112 valence electrons. The van der Waals surface area contributed by atoms with E-state index >= 15 is 0 Å². The molecule has 0 aromatic heterocycles. The minimum atomic E-state index is -0.477. The number of carbonyl (C=O) groups is 2. The van der Waals surface area contributed by atoms with E-state index in [0.717, 1.165) is 6.54 Å². The summed E-state index contributed by atoms with van der Waals surface area (Å²) in [5.41, 5.74) is 1.17. The summed E-state index contributed by atoms with van der Waals surface area (Å²) in [6.45, 7) is 5.76. The van der Waals surface area contributed by atoms with Crippen LogP contribution in [0.15, 0.2) is 36.9 Å². The fourth-order valence-corrected chi connectivity index (χ4v) is 1.93. The van der Waals surface area contributed by atoms with E-state index in [-0.39, 0.29) is 11.8 Å². The van der Waals surface area contributed by atoms with Crippen LogP contribution in [-0.2, 0) is 9.53 Å². The van der Waals surface area contributed by atoms with Gasteiger partial charge in [-0.2, -0.15) is 0 Å². The number of carbonyl (C=O) groups excluding carboxylic acids is 2. The Balaban J connectivity index is 1.91. The van der Waals surface area contributed by atoms with Gasteiger partial charge in [-0.1, -0.05) is 6.08 Å². The second kappa shape index (κ2) is 7.56. The standard InChI is InChI=1S/C15H19N3O3/c1-2-7-17-14(19)11-3-5-12(6-4-11)18-15(20)13-10-16-8-9-21-13/h2-6,13,16H,1,7-10H2,(H,17,19)(H,18,20). The second-order valence-electron chi connectivity index (χ2n) is 4.63. The van der Waals surface area contributed by atoms with E-state index < -0.39 is 6.10 Å². The topological polar surface area (TPSA) is 79.5 Å². The van der Waals surface area contributed by atoms with Gasteiger partial charge in [0.15, 0.2) is 0 Å². The van der Waals surface area contributed by atoms with Gasteiger partial charge in [-0.05, 0) is 24.3 Å². The number of ether oxygens (including phenoxy) is 1. The molecule has 0 aliphatic carbocycles. The Kier molecular flexibility index (Phi) is 5.48. The second-order valence-corrected chi connectivity index (χ2v) is 4.63. The Morgan fingerprint density at radius 1 is 1.38 bits per heavy atom. The van der Waals surface area contributed by atoms with Crippen LogP contribution in [0.3, 0.4) is 0 Å². The summed E-state index contributed by atoms with van der Waals surface area (Å²) in [6, 6.07) is 6.70. The molecule has 1 aromatic rings. The lowest BCUT2D eigenvalue weighted by Crippen LogP contribution is -2.45. The number of morpholine rings is 1. The molecule has 1 fully saturated rings. The summed E-state index contributed by atoms with van der Waals surface area (Å²) >= 11 is 0. The van der Waals surface area contributed by atoms with Gasteiger partial charge >= 0.3 is 0 Å². The third-order valence-corrected chi connectivity index (χ3v) is 3.04. The minimum absolute atomic E-state index is 0.174. The van der Waals surface area contributed by atoms with Crippen molar-refractivity contribution >= 4 is 17.5 Å². The maximum Gasteiger partial charge on any atom is 0.254 e. The lowest BCUT2D eigenvalue weighted by atomic mass is 10.2. The molecular weight excluding hydrogens is 270 g/mol. The normalized spacial score (nSPS) is 17.8. The molecule has 21 heavy (non-hydrogen) atoms. The quantitative estimate of drug-likeness (QED) is 0.691. The van der Waals surface area contributed by atoms with Gasteiger partial charge in [0.05, 0.1) is 6.61 Å². The Bertz CT molecular complexity index is 507. The van der Waals surface area contributed by atoms with Crippen molar-refractivity contribution in [3.63, 3.8) is 0 Å². The van der Waals surface area contributed by atoms with Gasteiger partial charge in [-0.3, -0.25) is 9.59 Å². The van der Waals surface area contributed by atoms with E-state index in [1.807, 2.05) is 0 Å². The molecule has 1 aromatic carbocycles. The summed E-state index contributed by atoms with van der Waals surface area (Å²) in [6.07, 6.45) is 1.14. The lowest BCUT2D eigenvalue weighted by molar-refractivity contribution is -0.128. The molecular formula is C15H19N3O3. The van der Waals surface area contributed by atoms with Crippen LogP contribution >= 0.6 is 0 Å². The number of nitrogens with one attached hydrogen (secondary N) is 3. The van der Waals surface area contributed by atoms with Crippen LogP contribution in [-0.4, -0.2) is 44.2 Å². The molecule has 0 spiro atoms. The average Bonchev–Trinajstić information content (AvgIpc) is 2.54. The molecule has 2 rings (SSSR count). The fraction of sp³-hybridized carbons (Fsp3) is 0.333. The summed E-state index contributed by atoms with van der Waals surface area (Å²) in [7, 11) is 0. The van der Waals surface area contributed by atoms with Gasteiger partial charge in [0.2, 0.25) is 0 Å². The van der Waals surface area contributed by atoms with E-state index in [4.69, 9.17) is 4.74 Å². The maximum absolute atomic E-state index is 12.0. The SMILES string of the molecule is C=CCNC(=O)c1ccc(NC(=O)C2CNCCO2)cc1. The van der Waals surface area contributed by atoms with E-state index in [1.165, 1.54) is 0 Å². The number of rotatable bonds is 5. The molecule has 1 atom stereocenters. The van der Waals surface area contributed by atoms with E-state index in [0.29, 0.717) is 30.9 Å². The van der Waals surface area contributed by atoms with Crippen molar-refractivity contribution in [3.8, 4) is 0 Å². The van der Waals surface area contributed by atoms with Gasteiger partial charge < -0.3 is 20.7 Å². The van der Waals surface area contributed by atoms with Gasteiger partial charge in [0.25, 0.3) is 11.8 Å². The van der Waals surface area contributed by atoms with Gasteiger partial charge in [-0.25, -0.2) is 0 Å². The smallest absolute Gasteiger partial charge is 0.254 e. The minimum Gasteiger partial charge on any atom is -0.366 e. The van der Waals surface area contributed by atoms with Crippen molar-refractivity contribution < 1.29 is 14.3 Å². The van der Waals surface area contributed by atoms with Crippen molar-refractivity contribution in [2.24, 2.45) is 0 Å². The van der Waals surface area contributed by atoms with Crippen molar-refractivity contribution in [3.05, 3.63) is 42.5 Å². The summed E-state index contributed by atoms with van der Waals surface area (Å²) in [5, 5.41) is 8.56. The number of anilines is 1. The zero-order valence-electron chi connectivity index (χ0n) is 11.7. The summed E-state index contributed by atoms with van der Waals surface area (Å²) in [4.78, 5) is 23.7. The van der Waals surface area contributed by atoms with Crippen molar-refractivity contribution in [1.82, 2.24) is 10.6 Å². The van der Waals surface area contributed by atoms with E-state index in [2.05, 4.69) is 22.5 Å². The first-order valence-electron chi connectivity index (χ1n) is 6.83. The Hall–Kier alpha value is -2.18. The average molecular weight is 289 g/mol. The first kappa shape index (κ1) is 15.2. The van der Waals surface area contributed by atoms with Gasteiger partial charge in [0.1, 0.15) is 6.10 Å². The Labute approximate surface area is 123 Å². The summed E-state index contributed by atoms with van der Waals surface area (Å²) < 4.78 is 5.37. The third-order valence-electron chi connectivity index (χ3n) is 3.04. The number of benzene rings is 1. The first-order chi connectivity index (χ1) is 10.2. The first-order valence-corrected chi connectivity index (χ1v) is 6.83. The molecule has 0 radical (unpaired) electrons. The molecule has 3 N–H and O–H groups in total. The van der Waals surface area contributed by atoms with Crippen LogP contribution in [0.5, 0.6) is 0 Å². The van der Waals surface area contributed by atoms with Crippen molar-refractivity contribution in [1.29, 1.82) is 0 Å². The molecule has 1 heterocycles. The van der Waals surface area contributed by atoms with Crippen molar-refractivity contribution in [2.75, 3.05) is 31.6 Å². The monoisotopic (exact) mass is 289 g/mol. The number of hydrogen-bond donors (Lipinski definition) is 3. The third kappa shape index (κ3) is 4.40. The molecule has 0 bridgehead atoms. The van der Waals surface area contributed by atoms with Crippen LogP contribution in [0.1, 0.15) is 10.4 Å². The fourth-order valence-electron chi connectivity index (χ4n) is 1.93. The van der Waals surface area contributed by atoms with Crippen LogP contribution < -0.4 is 16.0 Å². The summed E-state index contributed by atoms with van der Waals surface area (Å²) in [5.74, 6) is -0.362. The highest BCUT2D eigenvalue weighted by Gasteiger charge is 2.21. The van der Waals surface area contributed by atoms with Gasteiger partial charge in [-0.15, -0.1) is 6.58 Å². The molecule has 6 heteroatoms. The van der Waals surface area contributed by atoms with Crippen molar-refractivity contribution in [2.45, 2.75) is 6.10 Å². The zero-order chi connectivity index (χ0) is 15.1. The maximum atomic E-state index is 12.0. The number of amides is 2. The van der Waals surface area contributed by atoms with Crippen LogP contribution in [0, 0.1) is 0 Å². The highest BCUT2D eigenvalue weighted by molar-refractivity contribution is 5.97. The van der Waals surface area contributed by atoms with Gasteiger partial charge in [0, 0.05) is 30.9 Å². The highest BCUT2D eigenvalue weighted by atomic mass is 16.5. The molecule has 1 aliphatic rings. The predicted molar refractivity (Wildman–Crippen MR) is 80.2 cm³/mol. The highest BCUT2D eigenvalue weighted by Crippen LogP contribution is 2.11. The lowest BCUT2D eigenvalue weighted by Gasteiger charge is -2.22. The number of hydrogen-bond acceptors (Lipinski definition) is 4. The van der Waals surface area contributed by atoms with E-state index in [1.54, 1.807) is 30.3 Å².